The van der Waals surface area contributed by atoms with E-state index >= 15 is 0 Å². The molecular formula is C15H20F3NO. The van der Waals surface area contributed by atoms with Crippen LogP contribution >= 0.6 is 0 Å². The first-order valence-electron chi connectivity index (χ1n) is 6.50. The normalized spacial score (nSPS) is 15.4. The lowest BCUT2D eigenvalue weighted by molar-refractivity contribution is -0.152. The molecule has 0 bridgehead atoms. The Morgan fingerprint density at radius 3 is 2.10 bits per heavy atom. The van der Waals surface area contributed by atoms with Crippen LogP contribution in [0, 0.1) is 0 Å². The Morgan fingerprint density at radius 2 is 1.70 bits per heavy atom. The maximum atomic E-state index is 12.6. The lowest BCUT2D eigenvalue weighted by Gasteiger charge is -2.35. The van der Waals surface area contributed by atoms with Crippen molar-refractivity contribution < 1.29 is 18.0 Å². The van der Waals surface area contributed by atoms with Crippen LogP contribution < -0.4 is 0 Å². The molecule has 0 radical (unpaired) electrons. The molecule has 0 saturated heterocycles. The number of aldehydes is 1. The number of rotatable bonds is 6. The summed E-state index contributed by atoms with van der Waals surface area (Å²) >= 11 is 0. The molecule has 5 heteroatoms. The van der Waals surface area contributed by atoms with Gasteiger partial charge in [-0.05, 0) is 26.3 Å². The van der Waals surface area contributed by atoms with Gasteiger partial charge in [0.15, 0.2) is 0 Å². The number of carbonyl (C=O) groups excluding carboxylic acids is 1. The molecule has 2 nitrogen and oxygen atoms in total. The molecule has 20 heavy (non-hydrogen) atoms. The molecule has 0 amide bonds. The van der Waals surface area contributed by atoms with Crippen LogP contribution in [0.15, 0.2) is 30.3 Å². The van der Waals surface area contributed by atoms with Crippen molar-refractivity contribution in [2.75, 3.05) is 13.1 Å². The van der Waals surface area contributed by atoms with E-state index in [0.717, 1.165) is 11.8 Å². The van der Waals surface area contributed by atoms with Gasteiger partial charge in [-0.2, -0.15) is 13.2 Å². The second kappa shape index (κ2) is 6.39. The van der Waals surface area contributed by atoms with Gasteiger partial charge in [0.05, 0.1) is 12.0 Å². The van der Waals surface area contributed by atoms with E-state index in [1.165, 1.54) is 4.90 Å². The number of halogens is 3. The summed E-state index contributed by atoms with van der Waals surface area (Å²) in [5.41, 5.74) is -0.223. The van der Waals surface area contributed by atoms with Crippen LogP contribution in [0.4, 0.5) is 13.2 Å². The third kappa shape index (κ3) is 4.63. The lowest BCUT2D eigenvalue weighted by atomic mass is 9.83. The summed E-state index contributed by atoms with van der Waals surface area (Å²) in [6, 6.07) is 8.60. The fourth-order valence-electron chi connectivity index (χ4n) is 2.09. The smallest absolute Gasteiger partial charge is 0.302 e. The van der Waals surface area contributed by atoms with Crippen molar-refractivity contribution in [1.82, 2.24) is 4.90 Å². The summed E-state index contributed by atoms with van der Waals surface area (Å²) < 4.78 is 37.9. The fraction of sp³-hybridized carbons (Fsp3) is 0.533. The van der Waals surface area contributed by atoms with Crippen LogP contribution in [0.3, 0.4) is 0 Å². The van der Waals surface area contributed by atoms with E-state index < -0.39 is 18.1 Å². The highest BCUT2D eigenvalue weighted by Gasteiger charge is 2.36. The molecule has 1 aromatic rings. The minimum absolute atomic E-state index is 0.0394. The first-order valence-corrected chi connectivity index (χ1v) is 6.50. The Balaban J connectivity index is 2.97. The minimum Gasteiger partial charge on any atom is -0.302 e. The van der Waals surface area contributed by atoms with Gasteiger partial charge in [-0.3, -0.25) is 4.90 Å². The largest absolute Gasteiger partial charge is 0.401 e. The molecule has 0 saturated carbocycles. The van der Waals surface area contributed by atoms with Crippen molar-refractivity contribution >= 4 is 6.29 Å². The molecule has 0 heterocycles. The van der Waals surface area contributed by atoms with Gasteiger partial charge >= 0.3 is 6.18 Å². The lowest BCUT2D eigenvalue weighted by Crippen LogP contribution is -2.47. The fourth-order valence-corrected chi connectivity index (χ4v) is 2.09. The molecule has 1 unspecified atom stereocenters. The first-order chi connectivity index (χ1) is 9.18. The average molecular weight is 287 g/mol. The van der Waals surface area contributed by atoms with Crippen LogP contribution in [0.5, 0.6) is 0 Å². The molecule has 0 aliphatic heterocycles. The third-order valence-corrected chi connectivity index (χ3v) is 3.34. The number of hydrogen-bond donors (Lipinski definition) is 0. The first kappa shape index (κ1) is 16.7. The standard InChI is InChI=1S/C15H20F3NO/c1-12(2)19(10-15(16,17)18)9-14(3,11-20)13-7-5-4-6-8-13/h4-8,11-12H,9-10H2,1-3H3. The summed E-state index contributed by atoms with van der Waals surface area (Å²) in [5.74, 6) is 0. The summed E-state index contributed by atoms with van der Waals surface area (Å²) in [6.45, 7) is 4.09. The van der Waals surface area contributed by atoms with E-state index in [1.54, 1.807) is 45.0 Å². The maximum Gasteiger partial charge on any atom is 0.401 e. The van der Waals surface area contributed by atoms with Crippen LogP contribution in [0.25, 0.3) is 0 Å². The Labute approximate surface area is 117 Å². The molecule has 0 aromatic heterocycles. The molecule has 0 fully saturated rings. The zero-order valence-electron chi connectivity index (χ0n) is 11.9. The van der Waals surface area contributed by atoms with Crippen LogP contribution in [0.2, 0.25) is 0 Å². The van der Waals surface area contributed by atoms with Gasteiger partial charge in [0, 0.05) is 12.6 Å². The van der Waals surface area contributed by atoms with Gasteiger partial charge < -0.3 is 4.79 Å². The van der Waals surface area contributed by atoms with Crippen molar-refractivity contribution in [3.8, 4) is 0 Å². The number of hydrogen-bond acceptors (Lipinski definition) is 2. The van der Waals surface area contributed by atoms with Crippen LogP contribution in [0.1, 0.15) is 26.3 Å². The molecule has 1 atom stereocenters. The zero-order chi connectivity index (χ0) is 15.4. The molecular weight excluding hydrogens is 267 g/mol. The van der Waals surface area contributed by atoms with E-state index in [-0.39, 0.29) is 12.6 Å². The molecule has 0 spiro atoms. The molecule has 0 aliphatic carbocycles. The Hall–Kier alpha value is -1.36. The van der Waals surface area contributed by atoms with Crippen molar-refractivity contribution in [1.29, 1.82) is 0 Å². The summed E-state index contributed by atoms with van der Waals surface area (Å²) in [7, 11) is 0. The summed E-state index contributed by atoms with van der Waals surface area (Å²) in [5, 5.41) is 0. The number of nitrogens with zero attached hydrogens (tertiary/aromatic N) is 1. The van der Waals surface area contributed by atoms with Gasteiger partial charge in [0.2, 0.25) is 0 Å². The zero-order valence-corrected chi connectivity index (χ0v) is 11.9. The van der Waals surface area contributed by atoms with Crippen molar-refractivity contribution in [3.05, 3.63) is 35.9 Å². The van der Waals surface area contributed by atoms with Crippen molar-refractivity contribution in [2.45, 2.75) is 38.4 Å². The minimum atomic E-state index is -4.27. The second-order valence-electron chi connectivity index (χ2n) is 5.52. The van der Waals surface area contributed by atoms with E-state index in [9.17, 15) is 18.0 Å². The van der Waals surface area contributed by atoms with E-state index in [0.29, 0.717) is 0 Å². The third-order valence-electron chi connectivity index (χ3n) is 3.34. The van der Waals surface area contributed by atoms with E-state index in [4.69, 9.17) is 0 Å². The van der Waals surface area contributed by atoms with Crippen molar-refractivity contribution in [3.63, 3.8) is 0 Å². The molecule has 1 aromatic carbocycles. The SMILES string of the molecule is CC(C)N(CC(F)(F)F)CC(C)(C=O)c1ccccc1. The van der Waals surface area contributed by atoms with Gasteiger partial charge in [-0.15, -0.1) is 0 Å². The topological polar surface area (TPSA) is 20.3 Å². The monoisotopic (exact) mass is 287 g/mol. The highest BCUT2D eigenvalue weighted by molar-refractivity contribution is 5.68. The highest BCUT2D eigenvalue weighted by atomic mass is 19.4. The van der Waals surface area contributed by atoms with Gasteiger partial charge in [0.1, 0.15) is 6.29 Å². The molecule has 0 N–H and O–H groups in total. The van der Waals surface area contributed by atoms with Crippen LogP contribution in [-0.4, -0.2) is 36.5 Å². The van der Waals surface area contributed by atoms with Gasteiger partial charge in [0.25, 0.3) is 0 Å². The predicted molar refractivity (Wildman–Crippen MR) is 72.6 cm³/mol. The molecule has 0 aliphatic rings. The molecule has 1 rings (SSSR count). The number of carbonyl (C=O) groups is 1. The predicted octanol–water partition coefficient (Wildman–Crippen LogP) is 3.42. The van der Waals surface area contributed by atoms with E-state index in [1.807, 2.05) is 6.07 Å². The number of benzene rings is 1. The quantitative estimate of drug-likeness (QED) is 0.747. The maximum absolute atomic E-state index is 12.6. The summed E-state index contributed by atoms with van der Waals surface area (Å²) in [4.78, 5) is 12.7. The Kier molecular flexibility index (Phi) is 5.34. The number of alkyl halides is 3. The Bertz CT molecular complexity index is 430. The summed E-state index contributed by atoms with van der Waals surface area (Å²) in [6.07, 6.45) is -3.54. The van der Waals surface area contributed by atoms with E-state index in [2.05, 4.69) is 0 Å². The van der Waals surface area contributed by atoms with Crippen molar-refractivity contribution in [2.24, 2.45) is 0 Å². The second-order valence-corrected chi connectivity index (χ2v) is 5.52. The highest BCUT2D eigenvalue weighted by Crippen LogP contribution is 2.26. The molecule has 112 valence electrons. The van der Waals surface area contributed by atoms with Crippen LogP contribution in [-0.2, 0) is 10.2 Å². The Morgan fingerprint density at radius 1 is 1.15 bits per heavy atom. The average Bonchev–Trinajstić information content (AvgIpc) is 2.37. The van der Waals surface area contributed by atoms with Gasteiger partial charge in [-0.25, -0.2) is 0 Å². The van der Waals surface area contributed by atoms with Gasteiger partial charge in [-0.1, -0.05) is 30.3 Å².